The number of hydrogen-bond acceptors (Lipinski definition) is 0. The van der Waals surface area contributed by atoms with Gasteiger partial charge >= 0.3 is 49.1 Å². The van der Waals surface area contributed by atoms with Crippen molar-refractivity contribution in [1.82, 2.24) is 0 Å². The monoisotopic (exact) mass is 477 g/mol. The van der Waals surface area contributed by atoms with Crippen LogP contribution in [0.15, 0.2) is 0 Å². The van der Waals surface area contributed by atoms with Crippen molar-refractivity contribution >= 4 is 40.8 Å². The Balaban J connectivity index is -0.0000000278. The van der Waals surface area contributed by atoms with E-state index in [2.05, 4.69) is 60.2 Å². The molecule has 0 rings (SSSR count). The van der Waals surface area contributed by atoms with E-state index in [1.54, 1.807) is 0 Å². The summed E-state index contributed by atoms with van der Waals surface area (Å²) in [5.41, 5.74) is 0. The molecule has 0 aliphatic carbocycles. The zero-order chi connectivity index (χ0) is 13.5. The molecule has 4 nitrogen and oxygen atoms in total. The topological polar surface area (TPSA) is 17.4 Å². The van der Waals surface area contributed by atoms with Crippen LogP contribution in [0, 0.1) is 26.3 Å². The molecule has 0 fully saturated rings. The predicted molar refractivity (Wildman–Crippen MR) is 78.1 cm³/mol. The van der Waals surface area contributed by atoms with Crippen molar-refractivity contribution in [3.8, 4) is 0 Å². The minimum absolute atomic E-state index is 1.38. The second kappa shape index (κ2) is 95.9. The van der Waals surface area contributed by atoms with Crippen LogP contribution in [-0.4, -0.2) is 28.2 Å². The predicted octanol–water partition coefficient (Wildman–Crippen LogP) is 3.91. The summed E-state index contributed by atoms with van der Waals surface area (Å²) >= 11 is 4.49. The number of nitrogens with zero attached hydrogens (tertiary/aromatic N) is 4. The van der Waals surface area contributed by atoms with Crippen LogP contribution in [0.5, 0.6) is 0 Å². The van der Waals surface area contributed by atoms with Crippen LogP contribution >= 0.6 is 40.8 Å². The van der Waals surface area contributed by atoms with Crippen LogP contribution in [0.25, 0.3) is 19.4 Å². The average Bonchev–Trinajstić information content (AvgIpc) is 2.09. The molecule has 87 valence electrons. The van der Waals surface area contributed by atoms with Crippen molar-refractivity contribution in [2.24, 2.45) is 0 Å². The Hall–Kier alpha value is -0.0735. The Kier molecular flexibility index (Phi) is 188. The summed E-state index contributed by atoms with van der Waals surface area (Å²) in [6.45, 7) is 23.3. The van der Waals surface area contributed by atoms with Crippen LogP contribution in [0.1, 0.15) is 0 Å². The second-order valence-corrected chi connectivity index (χ2v) is 9.73. The first-order valence-corrected chi connectivity index (χ1v) is 9.65. The van der Waals surface area contributed by atoms with Gasteiger partial charge in [0.1, 0.15) is 0 Å². The van der Waals surface area contributed by atoms with Gasteiger partial charge in [0, 0.05) is 0 Å². The number of hydrogen-bond donors (Lipinski definition) is 0. The Morgan fingerprint density at radius 1 is 0.667 bits per heavy atom. The fourth-order valence-corrected chi connectivity index (χ4v) is 0. The number of halogens is 2. The fourth-order valence-electron chi connectivity index (χ4n) is 0. The molecule has 0 spiro atoms. The van der Waals surface area contributed by atoms with Crippen LogP contribution in [0.2, 0.25) is 0 Å². The molecule has 0 heterocycles. The first-order valence-electron chi connectivity index (χ1n) is 2.94. The van der Waals surface area contributed by atoms with Crippen molar-refractivity contribution in [3.63, 3.8) is 0 Å². The molecule has 15 heavy (non-hydrogen) atoms. The molecule has 0 N–H and O–H groups in total. The summed E-state index contributed by atoms with van der Waals surface area (Å²) in [7, 11) is 7.04. The van der Waals surface area contributed by atoms with E-state index >= 15 is 0 Å². The van der Waals surface area contributed by atoms with Crippen LogP contribution in [0.3, 0.4) is 0 Å². The third-order valence-electron chi connectivity index (χ3n) is 0. The van der Waals surface area contributed by atoms with Gasteiger partial charge in [-0.2, -0.15) is 0 Å². The van der Waals surface area contributed by atoms with Crippen molar-refractivity contribution in [3.05, 3.63) is 45.7 Å². The summed E-state index contributed by atoms with van der Waals surface area (Å²) in [5, 5.41) is 0. The van der Waals surface area contributed by atoms with Gasteiger partial charge in [-0.05, 0) is 0 Å². The number of rotatable bonds is 0. The van der Waals surface area contributed by atoms with Gasteiger partial charge in [0.2, 0.25) is 28.2 Å². The molecular weight excluding hydrogens is 465 g/mol. The standard InChI is InChI=1S/4C2H3N.Co.2HI/c4*1-3-2;;;/h4*1H3;;2*1H/q;;;;+2;;/p-2. The van der Waals surface area contributed by atoms with E-state index in [1.807, 2.05) is 0 Å². The normalized spacial score (nSPS) is 3.60. The third kappa shape index (κ3) is 367000. The van der Waals surface area contributed by atoms with Crippen molar-refractivity contribution in [2.75, 3.05) is 28.2 Å². The van der Waals surface area contributed by atoms with Crippen LogP contribution in [0.4, 0.5) is 0 Å². The molecule has 0 radical (unpaired) electrons. The van der Waals surface area contributed by atoms with Gasteiger partial charge in [-0.1, -0.05) is 0 Å². The molecule has 0 saturated carbocycles. The molecule has 0 aliphatic rings. The second-order valence-electron chi connectivity index (χ2n) is 0.942. The molecule has 0 aromatic heterocycles. The molecule has 0 saturated heterocycles. The van der Waals surface area contributed by atoms with Crippen molar-refractivity contribution in [1.29, 1.82) is 0 Å². The molecular formula is C8H12CoI2N4. The Labute approximate surface area is 122 Å². The summed E-state index contributed by atoms with van der Waals surface area (Å²) in [5.74, 6) is 0. The molecule has 0 bridgehead atoms. The van der Waals surface area contributed by atoms with Gasteiger partial charge in [-0.3, -0.25) is 0 Å². The van der Waals surface area contributed by atoms with E-state index in [9.17, 15) is 0 Å². The van der Waals surface area contributed by atoms with Gasteiger partial charge in [0.25, 0.3) is 0 Å². The third-order valence-corrected chi connectivity index (χ3v) is 0. The molecule has 7 heteroatoms. The van der Waals surface area contributed by atoms with Gasteiger partial charge in [0.15, 0.2) is 0 Å². The Morgan fingerprint density at radius 2 is 0.667 bits per heavy atom. The van der Waals surface area contributed by atoms with Crippen LogP contribution in [-0.2, 0) is 8.26 Å². The zero-order valence-electron chi connectivity index (χ0n) is 8.88. The maximum absolute atomic E-state index is 5.83. The van der Waals surface area contributed by atoms with E-state index in [4.69, 9.17) is 26.3 Å². The zero-order valence-corrected chi connectivity index (χ0v) is 14.2. The summed E-state index contributed by atoms with van der Waals surface area (Å²) in [6.07, 6.45) is 0. The minimum atomic E-state index is 1.38. The van der Waals surface area contributed by atoms with E-state index < -0.39 is 0 Å². The van der Waals surface area contributed by atoms with E-state index in [1.165, 1.54) is 36.5 Å². The molecule has 0 amide bonds. The van der Waals surface area contributed by atoms with E-state index in [0.717, 1.165) is 0 Å². The van der Waals surface area contributed by atoms with E-state index in [0.29, 0.717) is 0 Å². The molecule has 0 aliphatic heterocycles. The maximum atomic E-state index is 5.83. The summed E-state index contributed by atoms with van der Waals surface area (Å²) in [4.78, 5) is 11.0. The summed E-state index contributed by atoms with van der Waals surface area (Å²) in [6, 6.07) is 0. The first-order chi connectivity index (χ1) is 7.07. The Bertz CT molecular complexity index is 171. The van der Waals surface area contributed by atoms with Crippen LogP contribution < -0.4 is 0 Å². The van der Waals surface area contributed by atoms with Gasteiger partial charge in [-0.25, -0.2) is 26.3 Å². The summed E-state index contributed by atoms with van der Waals surface area (Å²) < 4.78 is 0. The average molecular weight is 477 g/mol. The molecule has 0 aromatic rings. The van der Waals surface area contributed by atoms with Crippen molar-refractivity contribution in [2.45, 2.75) is 0 Å². The van der Waals surface area contributed by atoms with Gasteiger partial charge in [-0.15, -0.1) is 0 Å². The first kappa shape index (κ1) is 29.4. The molecule has 0 atom stereocenters. The quantitative estimate of drug-likeness (QED) is 0.372. The molecule has 0 aromatic carbocycles. The van der Waals surface area contributed by atoms with Gasteiger partial charge in [0.05, 0.1) is 0 Å². The fraction of sp³-hybridized carbons (Fsp3) is 0.500. The van der Waals surface area contributed by atoms with Gasteiger partial charge < -0.3 is 19.4 Å². The Morgan fingerprint density at radius 3 is 0.667 bits per heavy atom. The SMILES string of the molecule is [C-]#[N+]C.[C-]#[N+]C.[C-]#[N+]C.[C-]#[N+]C.[I][Co][I]. The van der Waals surface area contributed by atoms with E-state index in [-0.39, 0.29) is 0 Å². The van der Waals surface area contributed by atoms with Crippen molar-refractivity contribution < 1.29 is 8.26 Å². The molecule has 0 unspecified atom stereocenters.